The molecule has 2 nitrogen and oxygen atoms in total. The molecule has 0 saturated carbocycles. The van der Waals surface area contributed by atoms with Gasteiger partial charge in [-0.1, -0.05) is 34.6 Å². The lowest BCUT2D eigenvalue weighted by atomic mass is 9.89. The lowest BCUT2D eigenvalue weighted by Crippen LogP contribution is -2.37. The summed E-state index contributed by atoms with van der Waals surface area (Å²) in [5.41, 5.74) is 3.34. The van der Waals surface area contributed by atoms with E-state index in [0.29, 0.717) is 11.5 Å². The summed E-state index contributed by atoms with van der Waals surface area (Å²) in [6.07, 6.45) is 2.40. The zero-order chi connectivity index (χ0) is 11.9. The second-order valence-corrected chi connectivity index (χ2v) is 6.97. The molecule has 0 aliphatic rings. The Morgan fingerprint density at radius 1 is 1.20 bits per heavy atom. The van der Waals surface area contributed by atoms with Gasteiger partial charge in [-0.15, -0.1) is 0 Å². The standard InChI is InChI=1S/C12H28N2S/c1-10(2)8-15-9-11(14-13)6-7-12(3,4)5/h10-11,14H,6-9,13H2,1-5H3. The Morgan fingerprint density at radius 2 is 1.80 bits per heavy atom. The first-order valence-corrected chi connectivity index (χ1v) is 7.04. The van der Waals surface area contributed by atoms with E-state index in [1.165, 1.54) is 18.6 Å². The van der Waals surface area contributed by atoms with Crippen LogP contribution in [0.3, 0.4) is 0 Å². The quantitative estimate of drug-likeness (QED) is 0.523. The largest absolute Gasteiger partial charge is 0.271 e. The van der Waals surface area contributed by atoms with Crippen molar-refractivity contribution in [1.29, 1.82) is 0 Å². The molecule has 0 aromatic carbocycles. The average Bonchev–Trinajstić information content (AvgIpc) is 2.08. The Kier molecular flexibility index (Phi) is 7.66. The molecule has 15 heavy (non-hydrogen) atoms. The third kappa shape index (κ3) is 10.6. The molecule has 0 bridgehead atoms. The summed E-state index contributed by atoms with van der Waals surface area (Å²) in [5, 5.41) is 0. The molecule has 0 spiro atoms. The van der Waals surface area contributed by atoms with Crippen LogP contribution in [0.5, 0.6) is 0 Å². The fraction of sp³-hybridized carbons (Fsp3) is 1.00. The predicted octanol–water partition coefficient (Wildman–Crippen LogP) is 3.03. The summed E-state index contributed by atoms with van der Waals surface area (Å²) in [4.78, 5) is 0. The molecule has 0 aromatic heterocycles. The van der Waals surface area contributed by atoms with Crippen molar-refractivity contribution in [2.24, 2.45) is 17.2 Å². The Labute approximate surface area is 99.7 Å². The number of hydrogen-bond donors (Lipinski definition) is 2. The van der Waals surface area contributed by atoms with Crippen LogP contribution >= 0.6 is 11.8 Å². The molecule has 1 unspecified atom stereocenters. The fourth-order valence-corrected chi connectivity index (χ4v) is 2.42. The Morgan fingerprint density at radius 3 is 2.20 bits per heavy atom. The molecular weight excluding hydrogens is 204 g/mol. The maximum Gasteiger partial charge on any atom is 0.0301 e. The molecule has 1 atom stereocenters. The molecule has 3 heteroatoms. The van der Waals surface area contributed by atoms with Gasteiger partial charge >= 0.3 is 0 Å². The van der Waals surface area contributed by atoms with E-state index in [9.17, 15) is 0 Å². The van der Waals surface area contributed by atoms with Crippen molar-refractivity contribution >= 4 is 11.8 Å². The van der Waals surface area contributed by atoms with E-state index < -0.39 is 0 Å². The van der Waals surface area contributed by atoms with Gasteiger partial charge in [-0.2, -0.15) is 11.8 Å². The fourth-order valence-electron chi connectivity index (χ4n) is 1.27. The SMILES string of the molecule is CC(C)CSCC(CCC(C)(C)C)NN. The molecule has 0 aromatic rings. The highest BCUT2D eigenvalue weighted by Crippen LogP contribution is 2.22. The van der Waals surface area contributed by atoms with Gasteiger partial charge in [0.15, 0.2) is 0 Å². The molecule has 0 aliphatic heterocycles. The van der Waals surface area contributed by atoms with E-state index in [0.717, 1.165) is 11.7 Å². The minimum Gasteiger partial charge on any atom is -0.271 e. The van der Waals surface area contributed by atoms with Crippen molar-refractivity contribution in [2.45, 2.75) is 53.5 Å². The second-order valence-electron chi connectivity index (χ2n) is 5.89. The van der Waals surface area contributed by atoms with Gasteiger partial charge in [-0.25, -0.2) is 0 Å². The first kappa shape index (κ1) is 15.3. The van der Waals surface area contributed by atoms with Crippen LogP contribution in [0.1, 0.15) is 47.5 Å². The number of nitrogens with two attached hydrogens (primary N) is 1. The third-order valence-electron chi connectivity index (χ3n) is 2.25. The van der Waals surface area contributed by atoms with Crippen molar-refractivity contribution in [3.63, 3.8) is 0 Å². The third-order valence-corrected chi connectivity index (χ3v) is 3.79. The van der Waals surface area contributed by atoms with E-state index in [4.69, 9.17) is 5.84 Å². The molecule has 92 valence electrons. The minimum absolute atomic E-state index is 0.414. The lowest BCUT2D eigenvalue weighted by molar-refractivity contribution is 0.339. The van der Waals surface area contributed by atoms with E-state index >= 15 is 0 Å². The highest BCUT2D eigenvalue weighted by Gasteiger charge is 2.14. The van der Waals surface area contributed by atoms with Crippen molar-refractivity contribution in [1.82, 2.24) is 5.43 Å². The van der Waals surface area contributed by atoms with Crippen LogP contribution in [0, 0.1) is 11.3 Å². The number of thioether (sulfide) groups is 1. The molecule has 0 saturated heterocycles. The second kappa shape index (κ2) is 7.53. The number of nitrogens with one attached hydrogen (secondary N) is 1. The van der Waals surface area contributed by atoms with E-state index in [2.05, 4.69) is 40.0 Å². The summed E-state index contributed by atoms with van der Waals surface area (Å²) in [6, 6.07) is 0.466. The van der Waals surface area contributed by atoms with Crippen LogP contribution in [0.15, 0.2) is 0 Å². The monoisotopic (exact) mass is 232 g/mol. The van der Waals surface area contributed by atoms with Crippen LogP contribution in [0.25, 0.3) is 0 Å². The van der Waals surface area contributed by atoms with Crippen molar-refractivity contribution in [3.05, 3.63) is 0 Å². The number of rotatable bonds is 7. The minimum atomic E-state index is 0.414. The van der Waals surface area contributed by atoms with Crippen LogP contribution < -0.4 is 11.3 Å². The topological polar surface area (TPSA) is 38.0 Å². The molecule has 0 heterocycles. The first-order valence-electron chi connectivity index (χ1n) is 5.89. The molecule has 0 aliphatic carbocycles. The lowest BCUT2D eigenvalue weighted by Gasteiger charge is -2.22. The Hall–Kier alpha value is 0.270. The zero-order valence-electron chi connectivity index (χ0n) is 11.0. The van der Waals surface area contributed by atoms with Gasteiger partial charge < -0.3 is 0 Å². The van der Waals surface area contributed by atoms with Crippen LogP contribution in [0.4, 0.5) is 0 Å². The van der Waals surface area contributed by atoms with E-state index in [1.807, 2.05) is 11.8 Å². The molecule has 0 rings (SSSR count). The highest BCUT2D eigenvalue weighted by atomic mass is 32.2. The summed E-state index contributed by atoms with van der Waals surface area (Å²) < 4.78 is 0. The molecule has 3 N–H and O–H groups in total. The van der Waals surface area contributed by atoms with Gasteiger partial charge in [0, 0.05) is 11.8 Å². The van der Waals surface area contributed by atoms with Gasteiger partial charge in [0.1, 0.15) is 0 Å². The Bertz CT molecular complexity index is 152. The van der Waals surface area contributed by atoms with Crippen LogP contribution in [-0.4, -0.2) is 17.5 Å². The molecule has 0 radical (unpaired) electrons. The predicted molar refractivity (Wildman–Crippen MR) is 72.0 cm³/mol. The summed E-state index contributed by atoms with van der Waals surface area (Å²) in [6.45, 7) is 11.4. The van der Waals surface area contributed by atoms with Gasteiger partial charge in [0.25, 0.3) is 0 Å². The van der Waals surface area contributed by atoms with Crippen LogP contribution in [-0.2, 0) is 0 Å². The van der Waals surface area contributed by atoms with Crippen molar-refractivity contribution in [2.75, 3.05) is 11.5 Å². The van der Waals surface area contributed by atoms with Gasteiger partial charge in [-0.05, 0) is 29.9 Å². The maximum atomic E-state index is 5.56. The maximum absolute atomic E-state index is 5.56. The van der Waals surface area contributed by atoms with Crippen LogP contribution in [0.2, 0.25) is 0 Å². The van der Waals surface area contributed by atoms with Gasteiger partial charge in [0.05, 0.1) is 0 Å². The van der Waals surface area contributed by atoms with Crippen molar-refractivity contribution < 1.29 is 0 Å². The average molecular weight is 232 g/mol. The Balaban J connectivity index is 3.64. The van der Waals surface area contributed by atoms with E-state index in [1.54, 1.807) is 0 Å². The summed E-state index contributed by atoms with van der Waals surface area (Å²) in [7, 11) is 0. The molecule has 0 amide bonds. The smallest absolute Gasteiger partial charge is 0.0301 e. The highest BCUT2D eigenvalue weighted by molar-refractivity contribution is 7.99. The molecule has 0 fully saturated rings. The van der Waals surface area contributed by atoms with Crippen molar-refractivity contribution in [3.8, 4) is 0 Å². The van der Waals surface area contributed by atoms with Gasteiger partial charge in [-0.3, -0.25) is 11.3 Å². The van der Waals surface area contributed by atoms with Gasteiger partial charge in [0.2, 0.25) is 0 Å². The van der Waals surface area contributed by atoms with E-state index in [-0.39, 0.29) is 0 Å². The first-order chi connectivity index (χ1) is 6.85. The number of hydrazine groups is 1. The number of hydrogen-bond acceptors (Lipinski definition) is 3. The summed E-state index contributed by atoms with van der Waals surface area (Å²) >= 11 is 2.00. The summed E-state index contributed by atoms with van der Waals surface area (Å²) in [5.74, 6) is 8.69. The normalized spacial score (nSPS) is 14.6. The zero-order valence-corrected chi connectivity index (χ0v) is 11.8. The molecular formula is C12H28N2S.